The first kappa shape index (κ1) is 15.8. The molecule has 1 aliphatic carbocycles. The molecule has 0 bridgehead atoms. The van der Waals surface area contributed by atoms with E-state index in [1.54, 1.807) is 0 Å². The zero-order valence-corrected chi connectivity index (χ0v) is 12.8. The van der Waals surface area contributed by atoms with Gasteiger partial charge >= 0.3 is 0 Å². The summed E-state index contributed by atoms with van der Waals surface area (Å²) in [6.07, 6.45) is 21.9. The van der Waals surface area contributed by atoms with Gasteiger partial charge in [-0.1, -0.05) is 77.4 Å². The predicted octanol–water partition coefficient (Wildman–Crippen LogP) is 6.51. The van der Waals surface area contributed by atoms with Crippen molar-refractivity contribution in [1.82, 2.24) is 0 Å². The van der Waals surface area contributed by atoms with Gasteiger partial charge in [0.05, 0.1) is 0 Å². The van der Waals surface area contributed by atoms with E-state index in [9.17, 15) is 0 Å². The minimum absolute atomic E-state index is 1.00. The Morgan fingerprint density at radius 2 is 1.11 bits per heavy atom. The van der Waals surface area contributed by atoms with Crippen molar-refractivity contribution in [2.24, 2.45) is 11.8 Å². The van der Waals surface area contributed by atoms with Crippen LogP contribution in [0.2, 0.25) is 0 Å². The number of allylic oxidation sites excluding steroid dienone is 2. The molecule has 18 heavy (non-hydrogen) atoms. The van der Waals surface area contributed by atoms with Gasteiger partial charge in [-0.15, -0.1) is 0 Å². The molecule has 0 aliphatic heterocycles. The van der Waals surface area contributed by atoms with Gasteiger partial charge in [0, 0.05) is 0 Å². The molecule has 0 radical (unpaired) electrons. The van der Waals surface area contributed by atoms with E-state index in [4.69, 9.17) is 0 Å². The lowest BCUT2D eigenvalue weighted by molar-refractivity contribution is 0.264. The summed E-state index contributed by atoms with van der Waals surface area (Å²) in [5.41, 5.74) is 0. The summed E-state index contributed by atoms with van der Waals surface area (Å²) in [5.74, 6) is 2.01. The van der Waals surface area contributed by atoms with Crippen LogP contribution in [0.4, 0.5) is 0 Å². The highest BCUT2D eigenvalue weighted by Gasteiger charge is 2.17. The van der Waals surface area contributed by atoms with Crippen LogP contribution in [-0.2, 0) is 0 Å². The van der Waals surface area contributed by atoms with Gasteiger partial charge < -0.3 is 0 Å². The Labute approximate surface area is 115 Å². The second kappa shape index (κ2) is 10.6. The lowest BCUT2D eigenvalue weighted by Gasteiger charge is -2.25. The molecule has 0 amide bonds. The third-order valence-electron chi connectivity index (χ3n) is 4.77. The summed E-state index contributed by atoms with van der Waals surface area (Å²) >= 11 is 0. The zero-order valence-electron chi connectivity index (χ0n) is 12.8. The molecule has 1 rings (SSSR count). The Balaban J connectivity index is 2.42. The van der Waals surface area contributed by atoms with Crippen LogP contribution in [0.15, 0.2) is 12.2 Å². The Morgan fingerprint density at radius 3 is 1.67 bits per heavy atom. The van der Waals surface area contributed by atoms with E-state index < -0.39 is 0 Å². The maximum Gasteiger partial charge on any atom is -0.0351 e. The van der Waals surface area contributed by atoms with Crippen LogP contribution in [-0.4, -0.2) is 0 Å². The maximum absolute atomic E-state index is 2.42. The summed E-state index contributed by atoms with van der Waals surface area (Å²) in [4.78, 5) is 0. The van der Waals surface area contributed by atoms with Crippen molar-refractivity contribution in [2.45, 2.75) is 90.9 Å². The SMILES string of the molecule is CCC1CCCCC=CCCCCCCC1CC. The molecule has 0 aromatic carbocycles. The molecular formula is C18H34. The van der Waals surface area contributed by atoms with Gasteiger partial charge in [0.15, 0.2) is 0 Å². The average molecular weight is 250 g/mol. The highest BCUT2D eigenvalue weighted by molar-refractivity contribution is 4.81. The van der Waals surface area contributed by atoms with Crippen LogP contribution in [0.3, 0.4) is 0 Å². The van der Waals surface area contributed by atoms with Crippen molar-refractivity contribution in [1.29, 1.82) is 0 Å². The van der Waals surface area contributed by atoms with Gasteiger partial charge in [0.2, 0.25) is 0 Å². The standard InChI is InChI=1S/C18H34/c1-3-17-15-13-11-9-7-5-6-8-10-12-14-16-18(17)4-2/h5,7,17-18H,3-4,6,8-16H2,1-2H3. The fourth-order valence-electron chi connectivity index (χ4n) is 3.47. The van der Waals surface area contributed by atoms with Gasteiger partial charge in [-0.2, -0.15) is 0 Å². The first-order valence-electron chi connectivity index (χ1n) is 8.53. The summed E-state index contributed by atoms with van der Waals surface area (Å²) in [6, 6.07) is 0. The Hall–Kier alpha value is -0.260. The van der Waals surface area contributed by atoms with Crippen LogP contribution >= 0.6 is 0 Å². The van der Waals surface area contributed by atoms with E-state index in [-0.39, 0.29) is 0 Å². The van der Waals surface area contributed by atoms with Crippen molar-refractivity contribution in [3.05, 3.63) is 12.2 Å². The second-order valence-electron chi connectivity index (χ2n) is 6.08. The average Bonchev–Trinajstić information content (AvgIpc) is 2.40. The second-order valence-corrected chi connectivity index (χ2v) is 6.08. The predicted molar refractivity (Wildman–Crippen MR) is 82.9 cm³/mol. The van der Waals surface area contributed by atoms with E-state index in [1.807, 2.05) is 0 Å². The summed E-state index contributed by atoms with van der Waals surface area (Å²) in [6.45, 7) is 4.80. The molecule has 2 unspecified atom stereocenters. The van der Waals surface area contributed by atoms with E-state index in [1.165, 1.54) is 77.0 Å². The van der Waals surface area contributed by atoms with Crippen LogP contribution in [0, 0.1) is 11.8 Å². The molecule has 0 aromatic rings. The number of hydrogen-bond donors (Lipinski definition) is 0. The van der Waals surface area contributed by atoms with E-state index in [0.29, 0.717) is 0 Å². The molecule has 0 fully saturated rings. The molecule has 0 nitrogen and oxygen atoms in total. The van der Waals surface area contributed by atoms with Crippen LogP contribution in [0.25, 0.3) is 0 Å². The first-order valence-corrected chi connectivity index (χ1v) is 8.53. The monoisotopic (exact) mass is 250 g/mol. The molecule has 106 valence electrons. The third-order valence-corrected chi connectivity index (χ3v) is 4.77. The number of hydrogen-bond acceptors (Lipinski definition) is 0. The molecule has 1 aliphatic rings. The smallest absolute Gasteiger partial charge is 0.0351 e. The van der Waals surface area contributed by atoms with Crippen molar-refractivity contribution < 1.29 is 0 Å². The minimum atomic E-state index is 1.00. The fraction of sp³-hybridized carbons (Fsp3) is 0.889. The molecule has 0 aromatic heterocycles. The largest absolute Gasteiger partial charge is 0.0885 e. The molecule has 0 heterocycles. The third kappa shape index (κ3) is 6.61. The fourth-order valence-corrected chi connectivity index (χ4v) is 3.47. The molecule has 0 spiro atoms. The van der Waals surface area contributed by atoms with E-state index in [0.717, 1.165) is 11.8 Å². The van der Waals surface area contributed by atoms with Crippen molar-refractivity contribution in [3.8, 4) is 0 Å². The number of rotatable bonds is 2. The van der Waals surface area contributed by atoms with Crippen molar-refractivity contribution in [3.63, 3.8) is 0 Å². The maximum atomic E-state index is 2.42. The van der Waals surface area contributed by atoms with E-state index >= 15 is 0 Å². The summed E-state index contributed by atoms with van der Waals surface area (Å²) in [7, 11) is 0. The summed E-state index contributed by atoms with van der Waals surface area (Å²) < 4.78 is 0. The lowest BCUT2D eigenvalue weighted by atomic mass is 9.81. The lowest BCUT2D eigenvalue weighted by Crippen LogP contribution is -2.13. The molecule has 0 heteroatoms. The Bertz CT molecular complexity index is 204. The van der Waals surface area contributed by atoms with Crippen LogP contribution < -0.4 is 0 Å². The molecule has 0 saturated heterocycles. The topological polar surface area (TPSA) is 0 Å². The van der Waals surface area contributed by atoms with Crippen LogP contribution in [0.1, 0.15) is 90.9 Å². The van der Waals surface area contributed by atoms with Gasteiger partial charge in [-0.05, 0) is 37.5 Å². The molecular weight excluding hydrogens is 216 g/mol. The van der Waals surface area contributed by atoms with Crippen molar-refractivity contribution in [2.75, 3.05) is 0 Å². The molecule has 0 N–H and O–H groups in total. The Kier molecular flexibility index (Phi) is 9.34. The van der Waals surface area contributed by atoms with Gasteiger partial charge in [0.1, 0.15) is 0 Å². The minimum Gasteiger partial charge on any atom is -0.0885 e. The quantitative estimate of drug-likeness (QED) is 0.490. The van der Waals surface area contributed by atoms with Crippen molar-refractivity contribution >= 4 is 0 Å². The molecule has 0 saturated carbocycles. The first-order chi connectivity index (χ1) is 8.88. The van der Waals surface area contributed by atoms with Gasteiger partial charge in [-0.25, -0.2) is 0 Å². The van der Waals surface area contributed by atoms with Crippen LogP contribution in [0.5, 0.6) is 0 Å². The summed E-state index contributed by atoms with van der Waals surface area (Å²) in [5, 5.41) is 0. The normalized spacial score (nSPS) is 28.8. The Morgan fingerprint density at radius 1 is 0.667 bits per heavy atom. The van der Waals surface area contributed by atoms with Gasteiger partial charge in [0.25, 0.3) is 0 Å². The van der Waals surface area contributed by atoms with E-state index in [2.05, 4.69) is 26.0 Å². The molecule has 2 atom stereocenters. The zero-order chi connectivity index (χ0) is 13.1. The highest BCUT2D eigenvalue weighted by Crippen LogP contribution is 2.29. The highest BCUT2D eigenvalue weighted by atomic mass is 14.2. The van der Waals surface area contributed by atoms with Gasteiger partial charge in [-0.3, -0.25) is 0 Å².